The Hall–Kier alpha value is -1.94. The number of benzene rings is 2. The van der Waals surface area contributed by atoms with Crippen molar-refractivity contribution >= 4 is 17.7 Å². The SMILES string of the molecule is COc1ccc(SC[C@H](Cc2ccccc2)N2CC[C@@H](C(C)(C)C)CCC2=O)cc1. The molecule has 1 amide bonds. The minimum Gasteiger partial charge on any atom is -0.497 e. The summed E-state index contributed by atoms with van der Waals surface area (Å²) in [6, 6.07) is 19.0. The van der Waals surface area contributed by atoms with Gasteiger partial charge in [0.1, 0.15) is 5.75 Å². The summed E-state index contributed by atoms with van der Waals surface area (Å²) in [6.07, 6.45) is 3.66. The van der Waals surface area contributed by atoms with Crippen molar-refractivity contribution in [3.05, 3.63) is 60.2 Å². The van der Waals surface area contributed by atoms with Gasteiger partial charge in [-0.25, -0.2) is 0 Å². The second-order valence-electron chi connectivity index (χ2n) is 9.31. The average Bonchev–Trinajstić information content (AvgIpc) is 2.94. The van der Waals surface area contributed by atoms with Gasteiger partial charge in [0.2, 0.25) is 5.91 Å². The van der Waals surface area contributed by atoms with Gasteiger partial charge >= 0.3 is 0 Å². The van der Waals surface area contributed by atoms with E-state index in [1.54, 1.807) is 7.11 Å². The zero-order valence-corrected chi connectivity index (χ0v) is 19.6. The van der Waals surface area contributed by atoms with E-state index < -0.39 is 0 Å². The van der Waals surface area contributed by atoms with Crippen molar-refractivity contribution in [3.63, 3.8) is 0 Å². The summed E-state index contributed by atoms with van der Waals surface area (Å²) < 4.78 is 5.27. The zero-order chi connectivity index (χ0) is 21.6. The smallest absolute Gasteiger partial charge is 0.222 e. The number of rotatable bonds is 7. The first-order valence-electron chi connectivity index (χ1n) is 11.0. The topological polar surface area (TPSA) is 29.5 Å². The maximum Gasteiger partial charge on any atom is 0.222 e. The van der Waals surface area contributed by atoms with Gasteiger partial charge in [-0.1, -0.05) is 51.1 Å². The number of carbonyl (C=O) groups is 1. The van der Waals surface area contributed by atoms with Crippen LogP contribution in [-0.4, -0.2) is 36.3 Å². The van der Waals surface area contributed by atoms with E-state index in [2.05, 4.69) is 68.1 Å². The second-order valence-corrected chi connectivity index (χ2v) is 10.4. The summed E-state index contributed by atoms with van der Waals surface area (Å²) in [7, 11) is 1.69. The van der Waals surface area contributed by atoms with Crippen molar-refractivity contribution in [1.29, 1.82) is 0 Å². The van der Waals surface area contributed by atoms with Crippen LogP contribution < -0.4 is 4.74 Å². The molecule has 2 aromatic carbocycles. The largest absolute Gasteiger partial charge is 0.497 e. The number of thioether (sulfide) groups is 1. The lowest BCUT2D eigenvalue weighted by Crippen LogP contribution is -2.43. The number of hydrogen-bond donors (Lipinski definition) is 0. The summed E-state index contributed by atoms with van der Waals surface area (Å²) >= 11 is 1.83. The Balaban J connectivity index is 1.74. The standard InChI is InChI=1S/C26H35NO2S/c1-26(2,3)21-10-15-25(28)27(17-16-21)22(18-20-8-6-5-7-9-20)19-30-24-13-11-23(29-4)12-14-24/h5-9,11-14,21-22H,10,15-19H2,1-4H3/t21-,22-/m0/s1. The van der Waals surface area contributed by atoms with Crippen LogP contribution >= 0.6 is 11.8 Å². The third-order valence-electron chi connectivity index (χ3n) is 6.23. The van der Waals surface area contributed by atoms with Crippen LogP contribution in [0.5, 0.6) is 5.75 Å². The molecule has 0 N–H and O–H groups in total. The van der Waals surface area contributed by atoms with Gasteiger partial charge in [-0.05, 0) is 60.4 Å². The van der Waals surface area contributed by atoms with E-state index in [0.29, 0.717) is 18.2 Å². The van der Waals surface area contributed by atoms with Crippen LogP contribution in [-0.2, 0) is 11.2 Å². The van der Waals surface area contributed by atoms with E-state index >= 15 is 0 Å². The molecule has 0 aliphatic carbocycles. The maximum absolute atomic E-state index is 13.1. The van der Waals surface area contributed by atoms with Crippen LogP contribution in [0.1, 0.15) is 45.6 Å². The number of hydrogen-bond acceptors (Lipinski definition) is 3. The normalized spacial score (nSPS) is 18.7. The molecule has 30 heavy (non-hydrogen) atoms. The van der Waals surface area contributed by atoms with Gasteiger partial charge < -0.3 is 9.64 Å². The fourth-order valence-electron chi connectivity index (χ4n) is 4.27. The molecule has 1 saturated heterocycles. The predicted molar refractivity (Wildman–Crippen MR) is 126 cm³/mol. The van der Waals surface area contributed by atoms with Crippen LogP contribution in [0.2, 0.25) is 0 Å². The Kier molecular flexibility index (Phi) is 7.87. The number of likely N-dealkylation sites (tertiary alicyclic amines) is 1. The zero-order valence-electron chi connectivity index (χ0n) is 18.8. The Bertz CT molecular complexity index is 798. The quantitative estimate of drug-likeness (QED) is 0.504. The maximum atomic E-state index is 13.1. The summed E-state index contributed by atoms with van der Waals surface area (Å²) in [6.45, 7) is 7.78. The molecule has 2 atom stereocenters. The third kappa shape index (κ3) is 6.28. The molecule has 1 aliphatic rings. The highest BCUT2D eigenvalue weighted by Gasteiger charge is 2.32. The summed E-state index contributed by atoms with van der Waals surface area (Å²) in [5.74, 6) is 2.68. The molecule has 0 radical (unpaired) electrons. The lowest BCUT2D eigenvalue weighted by atomic mass is 9.77. The molecule has 0 spiro atoms. The molecule has 3 rings (SSSR count). The molecule has 1 fully saturated rings. The molecule has 2 aromatic rings. The van der Waals surface area contributed by atoms with Crippen molar-refractivity contribution in [2.75, 3.05) is 19.4 Å². The second kappa shape index (κ2) is 10.4. The Labute approximate surface area is 186 Å². The predicted octanol–water partition coefficient (Wildman–Crippen LogP) is 6.07. The lowest BCUT2D eigenvalue weighted by Gasteiger charge is -2.32. The van der Waals surface area contributed by atoms with Gasteiger partial charge in [0, 0.05) is 29.7 Å². The van der Waals surface area contributed by atoms with E-state index in [0.717, 1.165) is 37.3 Å². The Morgan fingerprint density at radius 1 is 1.07 bits per heavy atom. The van der Waals surface area contributed by atoms with Crippen molar-refractivity contribution in [2.24, 2.45) is 11.3 Å². The molecule has 0 aromatic heterocycles. The molecular weight excluding hydrogens is 390 g/mol. The third-order valence-corrected chi connectivity index (χ3v) is 7.38. The van der Waals surface area contributed by atoms with Crippen LogP contribution in [0, 0.1) is 11.3 Å². The van der Waals surface area contributed by atoms with Crippen molar-refractivity contribution in [3.8, 4) is 5.75 Å². The number of carbonyl (C=O) groups excluding carboxylic acids is 1. The fraction of sp³-hybridized carbons (Fsp3) is 0.500. The van der Waals surface area contributed by atoms with E-state index in [4.69, 9.17) is 4.74 Å². The number of nitrogens with zero attached hydrogens (tertiary/aromatic N) is 1. The average molecular weight is 426 g/mol. The van der Waals surface area contributed by atoms with Gasteiger partial charge in [0.25, 0.3) is 0 Å². The van der Waals surface area contributed by atoms with Gasteiger partial charge in [0.15, 0.2) is 0 Å². The van der Waals surface area contributed by atoms with Crippen LogP contribution in [0.25, 0.3) is 0 Å². The first-order chi connectivity index (χ1) is 14.4. The van der Waals surface area contributed by atoms with Crippen LogP contribution in [0.15, 0.2) is 59.5 Å². The minimum absolute atomic E-state index is 0.200. The van der Waals surface area contributed by atoms with E-state index in [1.165, 1.54) is 10.5 Å². The minimum atomic E-state index is 0.200. The molecule has 1 aliphatic heterocycles. The first-order valence-corrected chi connectivity index (χ1v) is 12.0. The molecule has 0 bridgehead atoms. The van der Waals surface area contributed by atoms with Crippen molar-refractivity contribution in [1.82, 2.24) is 4.90 Å². The van der Waals surface area contributed by atoms with E-state index in [-0.39, 0.29) is 11.5 Å². The van der Waals surface area contributed by atoms with Crippen LogP contribution in [0.4, 0.5) is 0 Å². The molecule has 162 valence electrons. The van der Waals surface area contributed by atoms with Crippen molar-refractivity contribution < 1.29 is 9.53 Å². The van der Waals surface area contributed by atoms with E-state index in [1.807, 2.05) is 23.9 Å². The number of amides is 1. The van der Waals surface area contributed by atoms with Gasteiger partial charge in [-0.3, -0.25) is 4.79 Å². The first kappa shape index (κ1) is 22.7. The molecule has 4 heteroatoms. The lowest BCUT2D eigenvalue weighted by molar-refractivity contribution is -0.132. The highest BCUT2D eigenvalue weighted by Crippen LogP contribution is 2.35. The number of ether oxygens (including phenoxy) is 1. The number of methoxy groups -OCH3 is 1. The fourth-order valence-corrected chi connectivity index (χ4v) is 5.28. The molecule has 0 saturated carbocycles. The molecule has 0 unspecified atom stereocenters. The van der Waals surface area contributed by atoms with Gasteiger partial charge in [-0.15, -0.1) is 11.8 Å². The van der Waals surface area contributed by atoms with Crippen molar-refractivity contribution in [2.45, 2.75) is 57.4 Å². The Morgan fingerprint density at radius 3 is 2.40 bits per heavy atom. The monoisotopic (exact) mass is 425 g/mol. The highest BCUT2D eigenvalue weighted by molar-refractivity contribution is 7.99. The molecule has 3 nitrogen and oxygen atoms in total. The van der Waals surface area contributed by atoms with E-state index in [9.17, 15) is 4.79 Å². The summed E-state index contributed by atoms with van der Waals surface area (Å²) in [4.78, 5) is 16.5. The van der Waals surface area contributed by atoms with Gasteiger partial charge in [-0.2, -0.15) is 0 Å². The summed E-state index contributed by atoms with van der Waals surface area (Å²) in [5, 5.41) is 0. The highest BCUT2D eigenvalue weighted by atomic mass is 32.2. The van der Waals surface area contributed by atoms with Crippen LogP contribution in [0.3, 0.4) is 0 Å². The van der Waals surface area contributed by atoms with Gasteiger partial charge in [0.05, 0.1) is 7.11 Å². The Morgan fingerprint density at radius 2 is 1.77 bits per heavy atom. The molecular formula is C26H35NO2S. The summed E-state index contributed by atoms with van der Waals surface area (Å²) in [5.41, 5.74) is 1.55. The molecule has 1 heterocycles.